The molecule has 150 valence electrons. The van der Waals surface area contributed by atoms with Crippen molar-refractivity contribution in [2.24, 2.45) is 0 Å². The van der Waals surface area contributed by atoms with Crippen LogP contribution in [0.1, 0.15) is 37.3 Å². The molecule has 2 fully saturated rings. The number of nitrogens with zero attached hydrogens (tertiary/aromatic N) is 1. The summed E-state index contributed by atoms with van der Waals surface area (Å²) in [7, 11) is -2.85. The van der Waals surface area contributed by atoms with Gasteiger partial charge in [0.1, 0.15) is 17.5 Å². The second-order valence-electron chi connectivity index (χ2n) is 8.12. The van der Waals surface area contributed by atoms with Gasteiger partial charge >= 0.3 is 0 Å². The fourth-order valence-electron chi connectivity index (χ4n) is 4.04. The number of hydrogen-bond acceptors (Lipinski definition) is 4. The molecule has 1 atom stereocenters. The number of carbonyl (C=O) groups is 1. The fourth-order valence-corrected chi connectivity index (χ4v) is 5.87. The lowest BCUT2D eigenvalue weighted by Crippen LogP contribution is -3.18. The van der Waals surface area contributed by atoms with Crippen molar-refractivity contribution in [2.75, 3.05) is 44.3 Å². The van der Waals surface area contributed by atoms with Gasteiger partial charge in [0.25, 0.3) is 5.91 Å². The molecule has 27 heavy (non-hydrogen) atoms. The summed E-state index contributed by atoms with van der Waals surface area (Å²) in [6.07, 6.45) is 0.750. The maximum Gasteiger partial charge on any atom is 0.260 e. The van der Waals surface area contributed by atoms with Crippen LogP contribution in [-0.4, -0.2) is 69.6 Å². The molecule has 2 saturated heterocycles. The molecular weight excluding hydrogens is 364 g/mol. The van der Waals surface area contributed by atoms with Crippen LogP contribution in [0.25, 0.3) is 0 Å². The van der Waals surface area contributed by atoms with Crippen LogP contribution in [0.5, 0.6) is 5.75 Å². The van der Waals surface area contributed by atoms with Gasteiger partial charge in [-0.2, -0.15) is 0 Å². The topological polar surface area (TPSA) is 68.1 Å². The van der Waals surface area contributed by atoms with Crippen LogP contribution in [0.4, 0.5) is 0 Å². The van der Waals surface area contributed by atoms with Crippen molar-refractivity contribution in [3.05, 3.63) is 29.3 Å². The minimum Gasteiger partial charge on any atom is -0.483 e. The third kappa shape index (κ3) is 5.02. The molecule has 1 amide bonds. The van der Waals surface area contributed by atoms with Gasteiger partial charge in [-0.25, -0.2) is 8.42 Å². The van der Waals surface area contributed by atoms with E-state index in [1.165, 1.54) is 4.90 Å². The Hall–Kier alpha value is -1.60. The highest BCUT2D eigenvalue weighted by atomic mass is 32.2. The Labute approximate surface area is 162 Å². The number of rotatable bonds is 5. The Bertz CT molecular complexity index is 783. The number of carbonyl (C=O) groups excluding carboxylic acids is 1. The van der Waals surface area contributed by atoms with Gasteiger partial charge in [-0.05, 0) is 30.0 Å². The van der Waals surface area contributed by atoms with Crippen LogP contribution in [0.15, 0.2) is 18.2 Å². The quantitative estimate of drug-likeness (QED) is 0.784. The maximum absolute atomic E-state index is 12.6. The number of benzene rings is 1. The van der Waals surface area contributed by atoms with Gasteiger partial charge in [0.2, 0.25) is 0 Å². The molecule has 0 spiro atoms. The van der Waals surface area contributed by atoms with E-state index in [0.29, 0.717) is 30.5 Å². The summed E-state index contributed by atoms with van der Waals surface area (Å²) in [5.74, 6) is 1.74. The summed E-state index contributed by atoms with van der Waals surface area (Å²) in [6, 6.07) is 6.32. The highest BCUT2D eigenvalue weighted by Crippen LogP contribution is 2.27. The Morgan fingerprint density at radius 1 is 1.30 bits per heavy atom. The lowest BCUT2D eigenvalue weighted by molar-refractivity contribution is -0.925. The van der Waals surface area contributed by atoms with Gasteiger partial charge in [-0.3, -0.25) is 4.79 Å². The van der Waals surface area contributed by atoms with E-state index in [0.717, 1.165) is 36.4 Å². The zero-order valence-electron chi connectivity index (χ0n) is 16.5. The van der Waals surface area contributed by atoms with E-state index in [9.17, 15) is 13.2 Å². The summed E-state index contributed by atoms with van der Waals surface area (Å²) < 4.78 is 29.2. The molecule has 0 unspecified atom stereocenters. The van der Waals surface area contributed by atoms with Gasteiger partial charge in [0, 0.05) is 6.42 Å². The van der Waals surface area contributed by atoms with Gasteiger partial charge in [-0.15, -0.1) is 0 Å². The molecule has 0 bridgehead atoms. The number of ether oxygens (including phenoxy) is 1. The van der Waals surface area contributed by atoms with Crippen molar-refractivity contribution in [3.8, 4) is 5.75 Å². The monoisotopic (exact) mass is 395 g/mol. The normalized spacial score (nSPS) is 23.0. The number of nitrogens with one attached hydrogen (secondary N) is 1. The largest absolute Gasteiger partial charge is 0.483 e. The first-order valence-electron chi connectivity index (χ1n) is 9.81. The van der Waals surface area contributed by atoms with E-state index in [1.807, 2.05) is 17.9 Å². The average Bonchev–Trinajstić information content (AvgIpc) is 2.99. The predicted octanol–water partition coefficient (Wildman–Crippen LogP) is 0.411. The molecule has 6 nitrogen and oxygen atoms in total. The minimum atomic E-state index is -2.85. The third-order valence-corrected chi connectivity index (χ3v) is 7.48. The molecule has 1 aromatic rings. The number of piperazine rings is 1. The molecule has 1 aromatic carbocycles. The molecular formula is C20H31N2O4S+. The van der Waals surface area contributed by atoms with Gasteiger partial charge in [0.05, 0.1) is 31.9 Å². The van der Waals surface area contributed by atoms with Crippen molar-refractivity contribution < 1.29 is 22.8 Å². The van der Waals surface area contributed by atoms with Crippen molar-refractivity contribution in [2.45, 2.75) is 39.2 Å². The number of quaternary nitrogens is 1. The van der Waals surface area contributed by atoms with Crippen molar-refractivity contribution in [1.29, 1.82) is 0 Å². The van der Waals surface area contributed by atoms with Gasteiger partial charge in [0.15, 0.2) is 16.4 Å². The van der Waals surface area contributed by atoms with E-state index >= 15 is 0 Å². The summed E-state index contributed by atoms with van der Waals surface area (Å²) in [5, 5.41) is 0. The van der Waals surface area contributed by atoms with Crippen LogP contribution in [0, 0.1) is 6.92 Å². The van der Waals surface area contributed by atoms with E-state index < -0.39 is 9.84 Å². The average molecular weight is 396 g/mol. The van der Waals surface area contributed by atoms with Crippen LogP contribution < -0.4 is 9.64 Å². The molecule has 0 aromatic heterocycles. The number of sulfone groups is 1. The SMILES string of the molecule is Cc1ccc(C(C)C)c(OCC(=O)N2CC[NH+]([C@@H]3CCS(=O)(=O)C3)CC2)c1. The molecule has 0 radical (unpaired) electrons. The third-order valence-electron chi connectivity index (χ3n) is 5.71. The predicted molar refractivity (Wildman–Crippen MR) is 105 cm³/mol. The first-order valence-corrected chi connectivity index (χ1v) is 11.6. The Morgan fingerprint density at radius 2 is 2.00 bits per heavy atom. The molecule has 0 aliphatic carbocycles. The van der Waals surface area contributed by atoms with Crippen molar-refractivity contribution in [3.63, 3.8) is 0 Å². The maximum atomic E-state index is 12.6. The zero-order valence-corrected chi connectivity index (χ0v) is 17.3. The molecule has 2 heterocycles. The van der Waals surface area contributed by atoms with Crippen LogP contribution >= 0.6 is 0 Å². The lowest BCUT2D eigenvalue weighted by Gasteiger charge is -2.35. The van der Waals surface area contributed by atoms with Crippen molar-refractivity contribution in [1.82, 2.24) is 4.90 Å². The van der Waals surface area contributed by atoms with Crippen molar-refractivity contribution >= 4 is 15.7 Å². The van der Waals surface area contributed by atoms with Crippen LogP contribution in [0.3, 0.4) is 0 Å². The van der Waals surface area contributed by atoms with E-state index in [2.05, 4.69) is 26.0 Å². The van der Waals surface area contributed by atoms with E-state index in [1.54, 1.807) is 0 Å². The number of hydrogen-bond donors (Lipinski definition) is 1. The zero-order chi connectivity index (χ0) is 19.6. The first kappa shape index (κ1) is 20.1. The van der Waals surface area contributed by atoms with E-state index in [-0.39, 0.29) is 18.6 Å². The summed E-state index contributed by atoms with van der Waals surface area (Å²) in [4.78, 5) is 15.7. The van der Waals surface area contributed by atoms with E-state index in [4.69, 9.17) is 4.74 Å². The Kier molecular flexibility index (Phi) is 6.11. The number of amides is 1. The Morgan fingerprint density at radius 3 is 2.59 bits per heavy atom. The molecule has 3 rings (SSSR count). The summed E-state index contributed by atoms with van der Waals surface area (Å²) >= 11 is 0. The highest BCUT2D eigenvalue weighted by molar-refractivity contribution is 7.91. The highest BCUT2D eigenvalue weighted by Gasteiger charge is 2.37. The Balaban J connectivity index is 1.51. The molecule has 2 aliphatic heterocycles. The molecule has 0 saturated carbocycles. The smallest absolute Gasteiger partial charge is 0.260 e. The lowest BCUT2D eigenvalue weighted by atomic mass is 10.0. The summed E-state index contributed by atoms with van der Waals surface area (Å²) in [5.41, 5.74) is 2.23. The molecule has 2 aliphatic rings. The fraction of sp³-hybridized carbons (Fsp3) is 0.650. The first-order chi connectivity index (χ1) is 12.7. The van der Waals surface area contributed by atoms with Gasteiger partial charge in [-0.1, -0.05) is 26.0 Å². The number of aryl methyl sites for hydroxylation is 1. The second-order valence-corrected chi connectivity index (χ2v) is 10.4. The van der Waals surface area contributed by atoms with Crippen LogP contribution in [-0.2, 0) is 14.6 Å². The molecule has 7 heteroatoms. The summed E-state index contributed by atoms with van der Waals surface area (Å²) in [6.45, 7) is 9.26. The second kappa shape index (κ2) is 8.19. The van der Waals surface area contributed by atoms with Crippen LogP contribution in [0.2, 0.25) is 0 Å². The standard InChI is InChI=1S/C20H30N2O4S/c1-15(2)18-5-4-16(3)12-19(18)26-13-20(23)22-9-7-21(8-10-22)17-6-11-27(24,25)14-17/h4-5,12,15,17H,6-11,13-14H2,1-3H3/p+1/t17-/m1/s1. The van der Waals surface area contributed by atoms with Gasteiger partial charge < -0.3 is 14.5 Å². The minimum absolute atomic E-state index is 0.00399. The molecule has 1 N–H and O–H groups in total.